The summed E-state index contributed by atoms with van der Waals surface area (Å²) >= 11 is 9.34. The summed E-state index contributed by atoms with van der Waals surface area (Å²) in [4.78, 5) is 4.15. The van der Waals surface area contributed by atoms with Crippen molar-refractivity contribution < 1.29 is 4.42 Å². The Hall–Kier alpha value is -0.800. The van der Waals surface area contributed by atoms with Crippen molar-refractivity contribution >= 4 is 27.5 Å². The Morgan fingerprint density at radius 3 is 2.75 bits per heavy atom. The van der Waals surface area contributed by atoms with Crippen LogP contribution in [-0.2, 0) is 0 Å². The number of aromatic nitrogens is 1. The zero-order valence-corrected chi connectivity index (χ0v) is 11.3. The maximum atomic E-state index is 5.91. The van der Waals surface area contributed by atoms with Gasteiger partial charge >= 0.3 is 0 Å². The van der Waals surface area contributed by atoms with Crippen LogP contribution in [0.5, 0.6) is 0 Å². The van der Waals surface area contributed by atoms with Crippen LogP contribution in [0, 0.1) is 6.92 Å². The number of nitrogens with zero attached hydrogens (tertiary/aromatic N) is 1. The molecule has 1 aromatic heterocycles. The van der Waals surface area contributed by atoms with Gasteiger partial charge in [-0.15, -0.1) is 11.6 Å². The fraction of sp³-hybridized carbons (Fsp3) is 0.250. The van der Waals surface area contributed by atoms with E-state index in [0.29, 0.717) is 5.89 Å². The van der Waals surface area contributed by atoms with Crippen LogP contribution in [0.4, 0.5) is 0 Å². The van der Waals surface area contributed by atoms with E-state index in [4.69, 9.17) is 16.0 Å². The highest BCUT2D eigenvalue weighted by Crippen LogP contribution is 2.29. The molecule has 0 radical (unpaired) electrons. The number of benzene rings is 1. The van der Waals surface area contributed by atoms with Gasteiger partial charge in [-0.1, -0.05) is 15.9 Å². The molecule has 1 unspecified atom stereocenters. The van der Waals surface area contributed by atoms with Crippen LogP contribution in [0.3, 0.4) is 0 Å². The largest absolute Gasteiger partial charge is 0.439 e. The quantitative estimate of drug-likeness (QED) is 0.751. The van der Waals surface area contributed by atoms with Crippen LogP contribution in [0.25, 0.3) is 11.3 Å². The summed E-state index contributed by atoms with van der Waals surface area (Å²) in [5.41, 5.74) is 2.18. The fourth-order valence-corrected chi connectivity index (χ4v) is 2.08. The number of hydrogen-bond donors (Lipinski definition) is 0. The summed E-state index contributed by atoms with van der Waals surface area (Å²) in [5.74, 6) is 1.31. The zero-order chi connectivity index (χ0) is 11.7. The van der Waals surface area contributed by atoms with Gasteiger partial charge in [0.15, 0.2) is 5.76 Å². The van der Waals surface area contributed by atoms with Gasteiger partial charge in [0, 0.05) is 10.0 Å². The highest BCUT2D eigenvalue weighted by Gasteiger charge is 2.12. The molecule has 0 saturated carbocycles. The van der Waals surface area contributed by atoms with Crippen molar-refractivity contribution in [3.8, 4) is 11.3 Å². The first-order valence-electron chi connectivity index (χ1n) is 4.94. The molecular formula is C12H11BrClNO. The second-order valence-corrected chi connectivity index (χ2v) is 5.21. The van der Waals surface area contributed by atoms with Crippen molar-refractivity contribution in [3.05, 3.63) is 40.3 Å². The van der Waals surface area contributed by atoms with Crippen molar-refractivity contribution in [2.45, 2.75) is 19.2 Å². The number of alkyl halides is 1. The third-order valence-corrected chi connectivity index (χ3v) is 3.00. The summed E-state index contributed by atoms with van der Waals surface area (Å²) in [6.45, 7) is 3.87. The normalized spacial score (nSPS) is 12.8. The molecule has 0 fully saturated rings. The van der Waals surface area contributed by atoms with Crippen molar-refractivity contribution in [2.75, 3.05) is 0 Å². The second kappa shape index (κ2) is 4.60. The molecule has 0 aliphatic heterocycles. The molecule has 0 aliphatic carbocycles. The molecule has 0 bridgehead atoms. The standard InChI is InChI=1S/C12H11BrClNO/c1-7-5-9(13)3-4-10(7)11-6-15-12(16-11)8(2)14/h3-6,8H,1-2H3. The lowest BCUT2D eigenvalue weighted by Gasteiger charge is -2.02. The van der Waals surface area contributed by atoms with E-state index in [1.54, 1.807) is 6.20 Å². The summed E-state index contributed by atoms with van der Waals surface area (Å²) in [6, 6.07) is 6.03. The first-order valence-corrected chi connectivity index (χ1v) is 6.17. The van der Waals surface area contributed by atoms with Gasteiger partial charge in [0.1, 0.15) is 5.38 Å². The second-order valence-electron chi connectivity index (χ2n) is 3.64. The lowest BCUT2D eigenvalue weighted by Crippen LogP contribution is -1.82. The van der Waals surface area contributed by atoms with E-state index in [0.717, 1.165) is 21.4 Å². The summed E-state index contributed by atoms with van der Waals surface area (Å²) in [5, 5.41) is -0.204. The molecule has 0 saturated heterocycles. The number of oxazole rings is 1. The SMILES string of the molecule is Cc1cc(Br)ccc1-c1cnc(C(C)Cl)o1. The predicted molar refractivity (Wildman–Crippen MR) is 68.6 cm³/mol. The molecule has 2 rings (SSSR count). The minimum atomic E-state index is -0.204. The molecule has 1 atom stereocenters. The molecule has 4 heteroatoms. The molecule has 0 N–H and O–H groups in total. The highest BCUT2D eigenvalue weighted by atomic mass is 79.9. The molecule has 16 heavy (non-hydrogen) atoms. The Morgan fingerprint density at radius 1 is 1.44 bits per heavy atom. The molecule has 0 aliphatic rings. The average molecular weight is 301 g/mol. The van der Waals surface area contributed by atoms with Gasteiger partial charge in [-0.25, -0.2) is 4.98 Å². The van der Waals surface area contributed by atoms with Crippen molar-refractivity contribution in [1.29, 1.82) is 0 Å². The Morgan fingerprint density at radius 2 is 2.19 bits per heavy atom. The minimum Gasteiger partial charge on any atom is -0.439 e. The predicted octanol–water partition coefficient (Wildman–Crippen LogP) is 4.71. The lowest BCUT2D eigenvalue weighted by molar-refractivity contribution is 0.508. The van der Waals surface area contributed by atoms with Crippen LogP contribution in [-0.4, -0.2) is 4.98 Å². The van der Waals surface area contributed by atoms with Gasteiger partial charge < -0.3 is 4.42 Å². The lowest BCUT2D eigenvalue weighted by atomic mass is 10.1. The summed E-state index contributed by atoms with van der Waals surface area (Å²) < 4.78 is 6.65. The van der Waals surface area contributed by atoms with E-state index in [2.05, 4.69) is 20.9 Å². The maximum absolute atomic E-state index is 5.91. The highest BCUT2D eigenvalue weighted by molar-refractivity contribution is 9.10. The van der Waals surface area contributed by atoms with Crippen LogP contribution >= 0.6 is 27.5 Å². The average Bonchev–Trinajstić information content (AvgIpc) is 2.66. The Balaban J connectivity index is 2.42. The van der Waals surface area contributed by atoms with Gasteiger partial charge in [0.05, 0.1) is 6.20 Å². The van der Waals surface area contributed by atoms with Crippen molar-refractivity contribution in [3.63, 3.8) is 0 Å². The van der Waals surface area contributed by atoms with Crippen LogP contribution in [0.1, 0.15) is 23.8 Å². The number of hydrogen-bond acceptors (Lipinski definition) is 2. The third kappa shape index (κ3) is 2.30. The van der Waals surface area contributed by atoms with Gasteiger partial charge in [-0.05, 0) is 37.6 Å². The molecular weight excluding hydrogens is 289 g/mol. The summed E-state index contributed by atoms with van der Waals surface area (Å²) in [6.07, 6.45) is 1.71. The first-order chi connectivity index (χ1) is 7.58. The number of rotatable bonds is 2. The van der Waals surface area contributed by atoms with E-state index < -0.39 is 0 Å². The Bertz CT molecular complexity index is 507. The van der Waals surface area contributed by atoms with Gasteiger partial charge in [-0.2, -0.15) is 0 Å². The number of aryl methyl sites for hydroxylation is 1. The first kappa shape index (κ1) is 11.7. The molecule has 84 valence electrons. The maximum Gasteiger partial charge on any atom is 0.212 e. The molecule has 1 heterocycles. The van der Waals surface area contributed by atoms with E-state index in [1.807, 2.05) is 32.0 Å². The topological polar surface area (TPSA) is 26.0 Å². The van der Waals surface area contributed by atoms with E-state index in [1.165, 1.54) is 0 Å². The molecule has 0 spiro atoms. The molecule has 2 aromatic rings. The van der Waals surface area contributed by atoms with Crippen LogP contribution in [0.15, 0.2) is 33.3 Å². The Kier molecular flexibility index (Phi) is 3.36. The van der Waals surface area contributed by atoms with Crippen LogP contribution < -0.4 is 0 Å². The summed E-state index contributed by atoms with van der Waals surface area (Å²) in [7, 11) is 0. The van der Waals surface area contributed by atoms with Gasteiger partial charge in [0.25, 0.3) is 0 Å². The van der Waals surface area contributed by atoms with E-state index in [-0.39, 0.29) is 5.38 Å². The minimum absolute atomic E-state index is 0.204. The van der Waals surface area contributed by atoms with Gasteiger partial charge in [-0.3, -0.25) is 0 Å². The monoisotopic (exact) mass is 299 g/mol. The molecule has 0 amide bonds. The Labute approximate surface area is 108 Å². The third-order valence-electron chi connectivity index (χ3n) is 2.32. The van der Waals surface area contributed by atoms with E-state index in [9.17, 15) is 0 Å². The fourth-order valence-electron chi connectivity index (χ4n) is 1.50. The zero-order valence-electron chi connectivity index (χ0n) is 9.00. The van der Waals surface area contributed by atoms with E-state index >= 15 is 0 Å². The van der Waals surface area contributed by atoms with Crippen molar-refractivity contribution in [1.82, 2.24) is 4.98 Å². The molecule has 1 aromatic carbocycles. The smallest absolute Gasteiger partial charge is 0.212 e. The van der Waals surface area contributed by atoms with Gasteiger partial charge in [0.2, 0.25) is 5.89 Å². The van der Waals surface area contributed by atoms with Crippen LogP contribution in [0.2, 0.25) is 0 Å². The number of halogens is 2. The van der Waals surface area contributed by atoms with Crippen molar-refractivity contribution in [2.24, 2.45) is 0 Å². The molecule has 2 nitrogen and oxygen atoms in total.